The van der Waals surface area contributed by atoms with Crippen molar-refractivity contribution in [2.45, 2.75) is 13.0 Å². The molecule has 0 radical (unpaired) electrons. The summed E-state index contributed by atoms with van der Waals surface area (Å²) in [6.07, 6.45) is 3.67. The SMILES string of the molecule is CC(=O)Nc1cccc(C2=CC(c3cccs3)n3ncnc3N2)c1. The van der Waals surface area contributed by atoms with Crippen molar-refractivity contribution in [2.75, 3.05) is 10.6 Å². The van der Waals surface area contributed by atoms with Gasteiger partial charge in [-0.2, -0.15) is 10.1 Å². The molecule has 4 rings (SSSR count). The fourth-order valence-electron chi connectivity index (χ4n) is 2.73. The van der Waals surface area contributed by atoms with E-state index >= 15 is 0 Å². The first-order valence-corrected chi connectivity index (χ1v) is 8.38. The molecule has 0 saturated heterocycles. The number of aromatic nitrogens is 3. The Hall–Kier alpha value is -2.93. The summed E-state index contributed by atoms with van der Waals surface area (Å²) in [5, 5.41) is 12.5. The highest BCUT2D eigenvalue weighted by atomic mass is 32.1. The molecule has 6 nitrogen and oxygen atoms in total. The van der Waals surface area contributed by atoms with E-state index in [1.54, 1.807) is 17.7 Å². The van der Waals surface area contributed by atoms with E-state index in [1.807, 2.05) is 35.0 Å². The van der Waals surface area contributed by atoms with E-state index < -0.39 is 0 Å². The molecule has 2 N–H and O–H groups in total. The van der Waals surface area contributed by atoms with Crippen LogP contribution in [-0.4, -0.2) is 20.7 Å². The summed E-state index contributed by atoms with van der Waals surface area (Å²) in [4.78, 5) is 16.8. The maximum atomic E-state index is 11.3. The van der Waals surface area contributed by atoms with E-state index in [2.05, 4.69) is 38.2 Å². The lowest BCUT2D eigenvalue weighted by Gasteiger charge is -2.23. The molecular weight excluding hydrogens is 322 g/mol. The van der Waals surface area contributed by atoms with Gasteiger partial charge in [-0.05, 0) is 35.2 Å². The van der Waals surface area contributed by atoms with Gasteiger partial charge in [0, 0.05) is 23.2 Å². The molecule has 3 heterocycles. The van der Waals surface area contributed by atoms with Crippen molar-refractivity contribution in [1.82, 2.24) is 14.8 Å². The van der Waals surface area contributed by atoms with Crippen molar-refractivity contribution < 1.29 is 4.79 Å². The summed E-state index contributed by atoms with van der Waals surface area (Å²) in [7, 11) is 0. The number of rotatable bonds is 3. The van der Waals surface area contributed by atoms with Crippen LogP contribution in [0.25, 0.3) is 5.70 Å². The predicted octanol–water partition coefficient (Wildman–Crippen LogP) is 3.35. The maximum absolute atomic E-state index is 11.3. The third kappa shape index (κ3) is 2.69. The molecule has 1 unspecified atom stereocenters. The number of fused-ring (bicyclic) bond motifs is 1. The number of thiophene rings is 1. The second kappa shape index (κ2) is 5.93. The first-order valence-electron chi connectivity index (χ1n) is 7.50. The van der Waals surface area contributed by atoms with Crippen LogP contribution in [0.5, 0.6) is 0 Å². The lowest BCUT2D eigenvalue weighted by Crippen LogP contribution is -2.19. The number of anilines is 2. The van der Waals surface area contributed by atoms with Gasteiger partial charge in [0.05, 0.1) is 0 Å². The molecule has 7 heteroatoms. The van der Waals surface area contributed by atoms with Crippen LogP contribution in [0, 0.1) is 0 Å². The molecule has 2 aromatic heterocycles. The first kappa shape index (κ1) is 14.6. The summed E-state index contributed by atoms with van der Waals surface area (Å²) >= 11 is 1.69. The molecule has 1 atom stereocenters. The van der Waals surface area contributed by atoms with E-state index in [4.69, 9.17) is 0 Å². The molecule has 24 heavy (non-hydrogen) atoms. The van der Waals surface area contributed by atoms with Crippen LogP contribution in [0.2, 0.25) is 0 Å². The number of nitrogens with zero attached hydrogens (tertiary/aromatic N) is 3. The fourth-order valence-corrected chi connectivity index (χ4v) is 3.51. The minimum Gasteiger partial charge on any atom is -0.326 e. The summed E-state index contributed by atoms with van der Waals surface area (Å²) in [6, 6.07) is 11.9. The highest BCUT2D eigenvalue weighted by molar-refractivity contribution is 7.10. The average Bonchev–Trinajstić information content (AvgIpc) is 3.25. The van der Waals surface area contributed by atoms with E-state index in [0.717, 1.165) is 16.9 Å². The number of amides is 1. The Kier molecular flexibility index (Phi) is 3.62. The van der Waals surface area contributed by atoms with Crippen molar-refractivity contribution in [2.24, 2.45) is 0 Å². The highest BCUT2D eigenvalue weighted by Gasteiger charge is 2.24. The lowest BCUT2D eigenvalue weighted by atomic mass is 10.1. The van der Waals surface area contributed by atoms with Crippen molar-refractivity contribution >= 4 is 34.6 Å². The van der Waals surface area contributed by atoms with Gasteiger partial charge in [0.1, 0.15) is 12.4 Å². The number of allylic oxidation sites excluding steroid dienone is 1. The van der Waals surface area contributed by atoms with E-state index in [0.29, 0.717) is 5.95 Å². The largest absolute Gasteiger partial charge is 0.326 e. The van der Waals surface area contributed by atoms with Crippen LogP contribution < -0.4 is 10.6 Å². The molecule has 1 amide bonds. The Bertz CT molecular complexity index is 913. The molecule has 0 spiro atoms. The third-order valence-electron chi connectivity index (χ3n) is 3.74. The van der Waals surface area contributed by atoms with Crippen LogP contribution in [0.1, 0.15) is 23.4 Å². The molecule has 0 aliphatic carbocycles. The summed E-state index contributed by atoms with van der Waals surface area (Å²) < 4.78 is 1.87. The standard InChI is InChI=1S/C17H15N5OS/c1-11(23)20-13-5-2-4-12(8-13)14-9-15(16-6-3-7-24-16)22-17(21-14)18-10-19-22/h2-10,15H,1H3,(H,20,23)(H,18,19,21). The second-order valence-corrected chi connectivity index (χ2v) is 6.44. The van der Waals surface area contributed by atoms with Gasteiger partial charge < -0.3 is 10.6 Å². The molecular formula is C17H15N5OS. The lowest BCUT2D eigenvalue weighted by molar-refractivity contribution is -0.114. The van der Waals surface area contributed by atoms with Crippen molar-refractivity contribution in [3.8, 4) is 0 Å². The molecule has 1 aromatic carbocycles. The zero-order valence-electron chi connectivity index (χ0n) is 12.9. The number of benzene rings is 1. The monoisotopic (exact) mass is 337 g/mol. The van der Waals surface area contributed by atoms with Gasteiger partial charge in [-0.1, -0.05) is 18.2 Å². The number of carbonyl (C=O) groups excluding carboxylic acids is 1. The van der Waals surface area contributed by atoms with Crippen molar-refractivity contribution in [3.63, 3.8) is 0 Å². The highest BCUT2D eigenvalue weighted by Crippen LogP contribution is 2.34. The average molecular weight is 337 g/mol. The van der Waals surface area contributed by atoms with Gasteiger partial charge in [0.15, 0.2) is 0 Å². The number of nitrogens with one attached hydrogen (secondary N) is 2. The van der Waals surface area contributed by atoms with Gasteiger partial charge >= 0.3 is 0 Å². The first-order chi connectivity index (χ1) is 11.7. The summed E-state index contributed by atoms with van der Waals surface area (Å²) in [6.45, 7) is 1.50. The van der Waals surface area contributed by atoms with Crippen LogP contribution in [-0.2, 0) is 4.79 Å². The second-order valence-electron chi connectivity index (χ2n) is 5.46. The van der Waals surface area contributed by atoms with Crippen LogP contribution in [0.15, 0.2) is 54.2 Å². The summed E-state index contributed by atoms with van der Waals surface area (Å²) in [5.74, 6) is 0.616. The Morgan fingerprint density at radius 1 is 1.33 bits per heavy atom. The minimum atomic E-state index is -0.0889. The fraction of sp³-hybridized carbons (Fsp3) is 0.118. The third-order valence-corrected chi connectivity index (χ3v) is 4.68. The van der Waals surface area contributed by atoms with Gasteiger partial charge in [-0.15, -0.1) is 11.3 Å². The van der Waals surface area contributed by atoms with Gasteiger partial charge in [-0.25, -0.2) is 4.68 Å². The van der Waals surface area contributed by atoms with Crippen molar-refractivity contribution in [1.29, 1.82) is 0 Å². The Labute approximate surface area is 142 Å². The molecule has 1 aliphatic heterocycles. The number of carbonyl (C=O) groups is 1. The molecule has 3 aromatic rings. The predicted molar refractivity (Wildman–Crippen MR) is 94.8 cm³/mol. The quantitative estimate of drug-likeness (QED) is 0.769. The normalized spacial score (nSPS) is 16.0. The smallest absolute Gasteiger partial charge is 0.226 e. The number of hydrogen-bond acceptors (Lipinski definition) is 5. The Balaban J connectivity index is 1.74. The van der Waals surface area contributed by atoms with Gasteiger partial charge in [-0.3, -0.25) is 4.79 Å². The van der Waals surface area contributed by atoms with E-state index in [-0.39, 0.29) is 11.9 Å². The van der Waals surface area contributed by atoms with Crippen LogP contribution in [0.3, 0.4) is 0 Å². The van der Waals surface area contributed by atoms with E-state index in [1.165, 1.54) is 11.8 Å². The number of hydrogen-bond donors (Lipinski definition) is 2. The summed E-state index contributed by atoms with van der Waals surface area (Å²) in [5.41, 5.74) is 2.69. The molecule has 0 fully saturated rings. The van der Waals surface area contributed by atoms with Crippen LogP contribution in [0.4, 0.5) is 11.6 Å². The van der Waals surface area contributed by atoms with Gasteiger partial charge in [0.25, 0.3) is 0 Å². The van der Waals surface area contributed by atoms with Crippen molar-refractivity contribution in [3.05, 3.63) is 64.6 Å². The topological polar surface area (TPSA) is 71.8 Å². The Morgan fingerprint density at radius 3 is 3.04 bits per heavy atom. The maximum Gasteiger partial charge on any atom is 0.226 e. The zero-order chi connectivity index (χ0) is 16.5. The van der Waals surface area contributed by atoms with Gasteiger partial charge in [0.2, 0.25) is 11.9 Å². The molecule has 120 valence electrons. The molecule has 0 bridgehead atoms. The molecule has 1 aliphatic rings. The van der Waals surface area contributed by atoms with Crippen LogP contribution >= 0.6 is 11.3 Å². The van der Waals surface area contributed by atoms with E-state index in [9.17, 15) is 4.79 Å². The Morgan fingerprint density at radius 2 is 2.25 bits per heavy atom. The molecule has 0 saturated carbocycles. The minimum absolute atomic E-state index is 0.00294. The zero-order valence-corrected chi connectivity index (χ0v) is 13.7.